The Bertz CT molecular complexity index is 299. The second kappa shape index (κ2) is 7.94. The van der Waals surface area contributed by atoms with E-state index in [0.29, 0.717) is 6.04 Å². The molecule has 2 aliphatic rings. The van der Waals surface area contributed by atoms with E-state index in [9.17, 15) is 0 Å². The summed E-state index contributed by atoms with van der Waals surface area (Å²) >= 11 is 0. The largest absolute Gasteiger partial charge is 0.317 e. The molecule has 0 bridgehead atoms. The number of hydrogen-bond donors (Lipinski definition) is 1. The van der Waals surface area contributed by atoms with Crippen LogP contribution in [-0.4, -0.2) is 62.2 Å². The minimum atomic E-state index is 0.710. The Balaban J connectivity index is 1.87. The van der Waals surface area contributed by atoms with Crippen molar-refractivity contribution >= 4 is 0 Å². The Morgan fingerprint density at radius 3 is 2.38 bits per heavy atom. The normalized spacial score (nSPS) is 36.3. The van der Waals surface area contributed by atoms with E-state index in [1.807, 2.05) is 0 Å². The van der Waals surface area contributed by atoms with Gasteiger partial charge in [0.1, 0.15) is 0 Å². The highest BCUT2D eigenvalue weighted by atomic mass is 15.2. The van der Waals surface area contributed by atoms with Crippen molar-refractivity contribution in [2.24, 2.45) is 17.8 Å². The van der Waals surface area contributed by atoms with E-state index in [1.54, 1.807) is 0 Å². The van der Waals surface area contributed by atoms with Crippen molar-refractivity contribution in [3.8, 4) is 0 Å². The van der Waals surface area contributed by atoms with Crippen LogP contribution >= 0.6 is 0 Å². The Morgan fingerprint density at radius 1 is 1.14 bits per heavy atom. The first kappa shape index (κ1) is 17.2. The van der Waals surface area contributed by atoms with Crippen LogP contribution in [0, 0.1) is 17.8 Å². The average molecular weight is 296 g/mol. The Kier molecular flexibility index (Phi) is 6.51. The van der Waals surface area contributed by atoms with Crippen LogP contribution in [0.5, 0.6) is 0 Å². The fourth-order valence-electron chi connectivity index (χ4n) is 4.71. The highest BCUT2D eigenvalue weighted by Gasteiger charge is 2.35. The molecule has 1 aliphatic carbocycles. The topological polar surface area (TPSA) is 18.5 Å². The van der Waals surface area contributed by atoms with E-state index in [2.05, 4.69) is 50.0 Å². The third-order valence-corrected chi connectivity index (χ3v) is 6.18. The molecule has 0 aromatic carbocycles. The number of likely N-dealkylation sites (tertiary alicyclic amines) is 1. The molecule has 21 heavy (non-hydrogen) atoms. The maximum Gasteiger partial charge on any atom is 0.0117 e. The van der Waals surface area contributed by atoms with Crippen LogP contribution in [0.15, 0.2) is 0 Å². The third kappa shape index (κ3) is 4.43. The lowest BCUT2D eigenvalue weighted by molar-refractivity contribution is 0.0722. The van der Waals surface area contributed by atoms with Crippen molar-refractivity contribution in [1.82, 2.24) is 15.1 Å². The summed E-state index contributed by atoms with van der Waals surface area (Å²) in [6, 6.07) is 1.51. The molecule has 0 radical (unpaired) electrons. The molecule has 1 aliphatic heterocycles. The van der Waals surface area contributed by atoms with Crippen LogP contribution in [0.3, 0.4) is 0 Å². The van der Waals surface area contributed by atoms with E-state index in [0.717, 1.165) is 23.8 Å². The van der Waals surface area contributed by atoms with Crippen LogP contribution in [0.2, 0.25) is 0 Å². The average Bonchev–Trinajstić information content (AvgIpc) is 2.49. The molecule has 3 nitrogen and oxygen atoms in total. The lowest BCUT2D eigenvalue weighted by Gasteiger charge is -2.44. The molecule has 4 atom stereocenters. The van der Waals surface area contributed by atoms with Crippen LogP contribution < -0.4 is 5.32 Å². The second-order valence-electron chi connectivity index (χ2n) is 7.72. The molecular formula is C18H37N3. The van der Waals surface area contributed by atoms with E-state index in [4.69, 9.17) is 0 Å². The van der Waals surface area contributed by atoms with E-state index >= 15 is 0 Å². The monoisotopic (exact) mass is 295 g/mol. The molecule has 0 aromatic rings. The van der Waals surface area contributed by atoms with Crippen molar-refractivity contribution in [1.29, 1.82) is 0 Å². The standard InChI is InChI=1S/C18H37N3/c1-6-21-9-7-16(8-10-21)20(5)13-17-15(3)11-14(2)12-18(17)19-4/h14-19H,6-13H2,1-5H3. The van der Waals surface area contributed by atoms with Crippen LogP contribution in [-0.2, 0) is 0 Å². The van der Waals surface area contributed by atoms with Gasteiger partial charge in [0, 0.05) is 18.6 Å². The highest BCUT2D eigenvalue weighted by molar-refractivity contribution is 4.90. The molecule has 4 unspecified atom stereocenters. The van der Waals surface area contributed by atoms with Crippen LogP contribution in [0.1, 0.15) is 46.5 Å². The Labute approximate surface area is 132 Å². The second-order valence-corrected chi connectivity index (χ2v) is 7.72. The van der Waals surface area contributed by atoms with E-state index < -0.39 is 0 Å². The summed E-state index contributed by atoms with van der Waals surface area (Å²) in [5.41, 5.74) is 0. The number of rotatable bonds is 5. The van der Waals surface area contributed by atoms with Gasteiger partial charge < -0.3 is 15.1 Å². The molecule has 1 saturated carbocycles. The molecule has 1 saturated heterocycles. The predicted octanol–water partition coefficient (Wildman–Crippen LogP) is 2.67. The van der Waals surface area contributed by atoms with Crippen LogP contribution in [0.25, 0.3) is 0 Å². The number of piperidine rings is 1. The lowest BCUT2D eigenvalue weighted by Crippen LogP contribution is -2.50. The molecule has 1 N–H and O–H groups in total. The number of nitrogens with one attached hydrogen (secondary N) is 1. The van der Waals surface area contributed by atoms with E-state index in [-0.39, 0.29) is 0 Å². The van der Waals surface area contributed by atoms with Crippen molar-refractivity contribution in [3.63, 3.8) is 0 Å². The lowest BCUT2D eigenvalue weighted by atomic mass is 9.72. The predicted molar refractivity (Wildman–Crippen MR) is 91.7 cm³/mol. The minimum absolute atomic E-state index is 0.710. The molecule has 124 valence electrons. The van der Waals surface area contributed by atoms with Crippen molar-refractivity contribution < 1.29 is 0 Å². The van der Waals surface area contributed by atoms with Gasteiger partial charge in [-0.1, -0.05) is 20.8 Å². The van der Waals surface area contributed by atoms with Gasteiger partial charge in [-0.25, -0.2) is 0 Å². The summed E-state index contributed by atoms with van der Waals surface area (Å²) in [5, 5.41) is 3.60. The Hall–Kier alpha value is -0.120. The first-order valence-electron chi connectivity index (χ1n) is 9.15. The fourth-order valence-corrected chi connectivity index (χ4v) is 4.71. The molecule has 3 heteroatoms. The summed E-state index contributed by atoms with van der Waals surface area (Å²) in [4.78, 5) is 5.26. The first-order chi connectivity index (χ1) is 10.0. The minimum Gasteiger partial charge on any atom is -0.317 e. The Morgan fingerprint density at radius 2 is 1.81 bits per heavy atom. The molecule has 2 fully saturated rings. The van der Waals surface area contributed by atoms with Gasteiger partial charge in [-0.15, -0.1) is 0 Å². The zero-order chi connectivity index (χ0) is 15.4. The zero-order valence-electron chi connectivity index (χ0n) is 14.9. The van der Waals surface area contributed by atoms with Gasteiger partial charge in [0.2, 0.25) is 0 Å². The maximum atomic E-state index is 3.60. The molecule has 0 amide bonds. The molecular weight excluding hydrogens is 258 g/mol. The molecule has 0 spiro atoms. The quantitative estimate of drug-likeness (QED) is 0.841. The number of hydrogen-bond acceptors (Lipinski definition) is 3. The molecule has 0 aromatic heterocycles. The summed E-state index contributed by atoms with van der Waals surface area (Å²) in [6.45, 7) is 12.2. The molecule has 1 heterocycles. The van der Waals surface area contributed by atoms with Gasteiger partial charge in [-0.2, -0.15) is 0 Å². The maximum absolute atomic E-state index is 3.60. The van der Waals surface area contributed by atoms with Crippen molar-refractivity contribution in [2.45, 2.75) is 58.5 Å². The number of nitrogens with zero attached hydrogens (tertiary/aromatic N) is 2. The van der Waals surface area contributed by atoms with Crippen molar-refractivity contribution in [2.75, 3.05) is 40.3 Å². The summed E-state index contributed by atoms with van der Waals surface area (Å²) < 4.78 is 0. The van der Waals surface area contributed by atoms with Gasteiger partial charge in [-0.05, 0) is 77.2 Å². The zero-order valence-corrected chi connectivity index (χ0v) is 14.9. The van der Waals surface area contributed by atoms with Crippen LogP contribution in [0.4, 0.5) is 0 Å². The van der Waals surface area contributed by atoms with Crippen molar-refractivity contribution in [3.05, 3.63) is 0 Å². The fraction of sp³-hybridized carbons (Fsp3) is 1.00. The van der Waals surface area contributed by atoms with Gasteiger partial charge in [0.05, 0.1) is 0 Å². The summed E-state index contributed by atoms with van der Waals surface area (Å²) in [5.74, 6) is 2.55. The smallest absolute Gasteiger partial charge is 0.0117 e. The van der Waals surface area contributed by atoms with Gasteiger partial charge >= 0.3 is 0 Å². The SMILES string of the molecule is CCN1CCC(N(C)CC2C(C)CC(C)CC2NC)CC1. The summed E-state index contributed by atoms with van der Waals surface area (Å²) in [6.07, 6.45) is 5.47. The van der Waals surface area contributed by atoms with Gasteiger partial charge in [-0.3, -0.25) is 0 Å². The first-order valence-corrected chi connectivity index (χ1v) is 9.15. The third-order valence-electron chi connectivity index (χ3n) is 6.18. The molecule has 2 rings (SSSR count). The van der Waals surface area contributed by atoms with E-state index in [1.165, 1.54) is 51.9 Å². The highest BCUT2D eigenvalue weighted by Crippen LogP contribution is 2.34. The summed E-state index contributed by atoms with van der Waals surface area (Å²) in [7, 11) is 4.52. The van der Waals surface area contributed by atoms with Gasteiger partial charge in [0.25, 0.3) is 0 Å². The van der Waals surface area contributed by atoms with Gasteiger partial charge in [0.15, 0.2) is 0 Å².